The normalized spacial score (nSPS) is 10.6. The molecule has 0 unspecified atom stereocenters. The fraction of sp³-hybridized carbons (Fsp3) is 0.231. The van der Waals surface area contributed by atoms with Crippen molar-refractivity contribution in [1.29, 1.82) is 0 Å². The molecule has 1 aromatic carbocycles. The number of rotatable bonds is 2. The number of aromatic nitrogens is 1. The standard InChI is InChI=1S/C13H13NO2/c1-3-9-5-4-6-10-7-11(13(15)16)8(2)14-12(9)10/h4-7H,3H2,1-2H3,(H,15,16). The molecule has 0 aliphatic rings. The van der Waals surface area contributed by atoms with Crippen LogP contribution in [0.15, 0.2) is 24.3 Å². The van der Waals surface area contributed by atoms with Gasteiger partial charge < -0.3 is 5.11 Å². The molecule has 0 amide bonds. The molecule has 0 radical (unpaired) electrons. The molecule has 2 aromatic rings. The van der Waals surface area contributed by atoms with Crippen LogP contribution in [0, 0.1) is 6.92 Å². The summed E-state index contributed by atoms with van der Waals surface area (Å²) in [5.41, 5.74) is 2.91. The summed E-state index contributed by atoms with van der Waals surface area (Å²) in [6.45, 7) is 3.80. The number of para-hydroxylation sites is 1. The largest absolute Gasteiger partial charge is 0.478 e. The van der Waals surface area contributed by atoms with Gasteiger partial charge in [-0.15, -0.1) is 0 Å². The first kappa shape index (κ1) is 10.6. The Kier molecular flexibility index (Phi) is 2.60. The second-order valence-corrected chi connectivity index (χ2v) is 3.77. The molecule has 0 aliphatic heterocycles. The van der Waals surface area contributed by atoms with Crippen molar-refractivity contribution in [3.8, 4) is 0 Å². The van der Waals surface area contributed by atoms with Gasteiger partial charge in [-0.3, -0.25) is 4.98 Å². The Morgan fingerprint density at radius 1 is 1.44 bits per heavy atom. The van der Waals surface area contributed by atoms with Gasteiger partial charge in [0.1, 0.15) is 0 Å². The summed E-state index contributed by atoms with van der Waals surface area (Å²) in [4.78, 5) is 15.4. The van der Waals surface area contributed by atoms with Crippen LogP contribution >= 0.6 is 0 Å². The van der Waals surface area contributed by atoms with Gasteiger partial charge in [0, 0.05) is 5.39 Å². The fourth-order valence-electron chi connectivity index (χ4n) is 1.85. The number of carbonyl (C=O) groups is 1. The van der Waals surface area contributed by atoms with Crippen molar-refractivity contribution >= 4 is 16.9 Å². The number of aromatic carboxylic acids is 1. The van der Waals surface area contributed by atoms with E-state index >= 15 is 0 Å². The average molecular weight is 215 g/mol. The van der Waals surface area contributed by atoms with Crippen molar-refractivity contribution in [3.05, 3.63) is 41.1 Å². The Morgan fingerprint density at radius 2 is 2.19 bits per heavy atom. The zero-order valence-corrected chi connectivity index (χ0v) is 9.32. The quantitative estimate of drug-likeness (QED) is 0.838. The molecular weight excluding hydrogens is 202 g/mol. The molecule has 3 heteroatoms. The smallest absolute Gasteiger partial charge is 0.337 e. The molecule has 1 N–H and O–H groups in total. The Hall–Kier alpha value is -1.90. The van der Waals surface area contributed by atoms with E-state index in [1.54, 1.807) is 13.0 Å². The number of pyridine rings is 1. The SMILES string of the molecule is CCc1cccc2cc(C(=O)O)c(C)nc12. The molecule has 2 rings (SSSR count). The highest BCUT2D eigenvalue weighted by Crippen LogP contribution is 2.20. The van der Waals surface area contributed by atoms with Crippen molar-refractivity contribution in [1.82, 2.24) is 4.98 Å². The molecule has 0 spiro atoms. The zero-order valence-electron chi connectivity index (χ0n) is 9.32. The van der Waals surface area contributed by atoms with Crippen molar-refractivity contribution < 1.29 is 9.90 Å². The van der Waals surface area contributed by atoms with E-state index in [2.05, 4.69) is 11.9 Å². The maximum absolute atomic E-state index is 11.0. The number of benzene rings is 1. The van der Waals surface area contributed by atoms with E-state index in [1.807, 2.05) is 18.2 Å². The molecule has 82 valence electrons. The van der Waals surface area contributed by atoms with Gasteiger partial charge in [-0.1, -0.05) is 25.1 Å². The van der Waals surface area contributed by atoms with Crippen LogP contribution in [0.5, 0.6) is 0 Å². The minimum atomic E-state index is -0.922. The lowest BCUT2D eigenvalue weighted by Crippen LogP contribution is -2.02. The Labute approximate surface area is 93.7 Å². The summed E-state index contributed by atoms with van der Waals surface area (Å²) < 4.78 is 0. The number of fused-ring (bicyclic) bond motifs is 1. The van der Waals surface area contributed by atoms with Gasteiger partial charge in [0.05, 0.1) is 16.8 Å². The van der Waals surface area contributed by atoms with Gasteiger partial charge in [-0.25, -0.2) is 4.79 Å². The highest BCUT2D eigenvalue weighted by Gasteiger charge is 2.10. The lowest BCUT2D eigenvalue weighted by atomic mass is 10.0. The minimum Gasteiger partial charge on any atom is -0.478 e. The predicted octanol–water partition coefficient (Wildman–Crippen LogP) is 2.80. The van der Waals surface area contributed by atoms with Gasteiger partial charge >= 0.3 is 5.97 Å². The molecule has 0 atom stereocenters. The van der Waals surface area contributed by atoms with Crippen LogP contribution in [0.4, 0.5) is 0 Å². The number of nitrogens with zero attached hydrogens (tertiary/aromatic N) is 1. The molecule has 1 aromatic heterocycles. The number of hydrogen-bond acceptors (Lipinski definition) is 2. The summed E-state index contributed by atoms with van der Waals surface area (Å²) in [5.74, 6) is -0.922. The third kappa shape index (κ3) is 1.65. The van der Waals surface area contributed by atoms with E-state index in [4.69, 9.17) is 5.11 Å². The topological polar surface area (TPSA) is 50.2 Å². The lowest BCUT2D eigenvalue weighted by molar-refractivity contribution is 0.0696. The van der Waals surface area contributed by atoms with E-state index in [1.165, 1.54) is 0 Å². The van der Waals surface area contributed by atoms with Crippen LogP contribution in [0.25, 0.3) is 10.9 Å². The molecule has 3 nitrogen and oxygen atoms in total. The monoisotopic (exact) mass is 215 g/mol. The Morgan fingerprint density at radius 3 is 2.81 bits per heavy atom. The third-order valence-electron chi connectivity index (χ3n) is 2.73. The maximum Gasteiger partial charge on any atom is 0.337 e. The van der Waals surface area contributed by atoms with Crippen LogP contribution in [0.2, 0.25) is 0 Å². The maximum atomic E-state index is 11.0. The highest BCUT2D eigenvalue weighted by molar-refractivity contribution is 5.94. The van der Waals surface area contributed by atoms with E-state index in [-0.39, 0.29) is 5.56 Å². The summed E-state index contributed by atoms with van der Waals surface area (Å²) in [6, 6.07) is 7.55. The van der Waals surface area contributed by atoms with Crippen molar-refractivity contribution in [2.24, 2.45) is 0 Å². The predicted molar refractivity (Wildman–Crippen MR) is 62.8 cm³/mol. The van der Waals surface area contributed by atoms with Gasteiger partial charge in [-0.2, -0.15) is 0 Å². The second kappa shape index (κ2) is 3.93. The van der Waals surface area contributed by atoms with E-state index < -0.39 is 5.97 Å². The van der Waals surface area contributed by atoms with Crippen molar-refractivity contribution in [2.45, 2.75) is 20.3 Å². The number of carboxylic acids is 1. The van der Waals surface area contributed by atoms with Crippen LogP contribution in [-0.4, -0.2) is 16.1 Å². The summed E-state index contributed by atoms with van der Waals surface area (Å²) >= 11 is 0. The average Bonchev–Trinajstić information content (AvgIpc) is 2.27. The molecule has 0 saturated heterocycles. The number of carboxylic acid groups (broad SMARTS) is 1. The van der Waals surface area contributed by atoms with Crippen LogP contribution in [0.3, 0.4) is 0 Å². The Balaban J connectivity index is 2.78. The zero-order chi connectivity index (χ0) is 11.7. The first-order valence-electron chi connectivity index (χ1n) is 5.26. The first-order valence-corrected chi connectivity index (χ1v) is 5.26. The first-order chi connectivity index (χ1) is 7.63. The third-order valence-corrected chi connectivity index (χ3v) is 2.73. The van der Waals surface area contributed by atoms with Crippen molar-refractivity contribution in [2.75, 3.05) is 0 Å². The molecule has 0 bridgehead atoms. The molecule has 0 aliphatic carbocycles. The molecule has 16 heavy (non-hydrogen) atoms. The van der Waals surface area contributed by atoms with E-state index in [0.29, 0.717) is 5.69 Å². The lowest BCUT2D eigenvalue weighted by Gasteiger charge is -2.06. The molecule has 0 saturated carbocycles. The minimum absolute atomic E-state index is 0.278. The van der Waals surface area contributed by atoms with Gasteiger partial charge in [-0.05, 0) is 25.0 Å². The van der Waals surface area contributed by atoms with E-state index in [9.17, 15) is 4.79 Å². The summed E-state index contributed by atoms with van der Waals surface area (Å²) in [7, 11) is 0. The molecule has 0 fully saturated rings. The van der Waals surface area contributed by atoms with Gasteiger partial charge in [0.15, 0.2) is 0 Å². The summed E-state index contributed by atoms with van der Waals surface area (Å²) in [5, 5.41) is 9.90. The number of hydrogen-bond donors (Lipinski definition) is 1. The highest BCUT2D eigenvalue weighted by atomic mass is 16.4. The summed E-state index contributed by atoms with van der Waals surface area (Å²) in [6.07, 6.45) is 0.899. The Bertz CT molecular complexity index is 561. The van der Waals surface area contributed by atoms with Crippen LogP contribution in [-0.2, 0) is 6.42 Å². The fourth-order valence-corrected chi connectivity index (χ4v) is 1.85. The van der Waals surface area contributed by atoms with E-state index in [0.717, 1.165) is 22.9 Å². The van der Waals surface area contributed by atoms with Gasteiger partial charge in [0.25, 0.3) is 0 Å². The second-order valence-electron chi connectivity index (χ2n) is 3.77. The van der Waals surface area contributed by atoms with Crippen LogP contribution in [0.1, 0.15) is 28.5 Å². The number of aryl methyl sites for hydroxylation is 2. The van der Waals surface area contributed by atoms with Gasteiger partial charge in [0.2, 0.25) is 0 Å². The van der Waals surface area contributed by atoms with Crippen LogP contribution < -0.4 is 0 Å². The van der Waals surface area contributed by atoms with Crippen molar-refractivity contribution in [3.63, 3.8) is 0 Å². The molecule has 1 heterocycles. The molecular formula is C13H13NO2.